The lowest BCUT2D eigenvalue weighted by atomic mass is 10.2. The predicted octanol–water partition coefficient (Wildman–Crippen LogP) is 2.65. The summed E-state index contributed by atoms with van der Waals surface area (Å²) in [7, 11) is 0. The Morgan fingerprint density at radius 2 is 2.50 bits per heavy atom. The fourth-order valence-electron chi connectivity index (χ4n) is 1.06. The zero-order chi connectivity index (χ0) is 13.7. The van der Waals surface area contributed by atoms with E-state index < -0.39 is 25.1 Å². The molecule has 0 aromatic carbocycles. The third-order valence-corrected chi connectivity index (χ3v) is 2.52. The number of ketones is 1. The van der Waals surface area contributed by atoms with Crippen molar-refractivity contribution in [2.24, 2.45) is 0 Å². The van der Waals surface area contributed by atoms with Gasteiger partial charge in [0.2, 0.25) is 5.78 Å². The molecule has 0 atom stereocenters. The summed E-state index contributed by atoms with van der Waals surface area (Å²) in [5.74, 6) is -0.567. The molecule has 62 valence electrons. The Kier molecular flexibility index (Phi) is 0.683. The number of rotatable bonds is 0. The minimum absolute atomic E-state index is 0.336. The molecule has 12 heavy (non-hydrogen) atoms. The molecular formula is C9H9NOS. The molecule has 1 N–H and O–H groups in total. The predicted molar refractivity (Wildman–Crippen MR) is 50.6 cm³/mol. The number of hydrogen-bond donors (Lipinski definition) is 1. The summed E-state index contributed by atoms with van der Waals surface area (Å²) in [6.07, 6.45) is 0. The fraction of sp³-hybridized carbons (Fsp3) is 0.222. The maximum Gasteiger partial charge on any atom is 0.221 e. The highest BCUT2D eigenvalue weighted by molar-refractivity contribution is 7.13. The second-order valence-corrected chi connectivity index (χ2v) is 3.28. The van der Waals surface area contributed by atoms with E-state index in [-0.39, 0.29) is 5.70 Å². The molecule has 0 bridgehead atoms. The van der Waals surface area contributed by atoms with E-state index in [1.54, 1.807) is 11.4 Å². The van der Waals surface area contributed by atoms with Crippen LogP contribution in [0.5, 0.6) is 0 Å². The van der Waals surface area contributed by atoms with Crippen LogP contribution < -0.4 is 5.32 Å². The molecule has 3 heteroatoms. The van der Waals surface area contributed by atoms with Crippen molar-refractivity contribution in [3.8, 4) is 0 Å². The molecule has 0 unspecified atom stereocenters. The van der Waals surface area contributed by atoms with E-state index in [1.165, 1.54) is 0 Å². The van der Waals surface area contributed by atoms with Gasteiger partial charge in [0.15, 0.2) is 0 Å². The van der Waals surface area contributed by atoms with Crippen molar-refractivity contribution < 1.29 is 13.0 Å². The normalized spacial score (nSPS) is 24.0. The van der Waals surface area contributed by atoms with Crippen LogP contribution >= 0.6 is 11.3 Å². The fourth-order valence-corrected chi connectivity index (χ4v) is 1.86. The number of Topliss-reactive ketones (excluding diaryl/α,β-unsaturated/α-hetero) is 1. The first-order valence-electron chi connectivity index (χ1n) is 6.27. The summed E-state index contributed by atoms with van der Waals surface area (Å²) in [4.78, 5) is 12.3. The summed E-state index contributed by atoms with van der Waals surface area (Å²) in [6, 6.07) is 1.61. The third-order valence-electron chi connectivity index (χ3n) is 1.61. The second kappa shape index (κ2) is 2.45. The molecule has 0 amide bonds. The van der Waals surface area contributed by atoms with Crippen molar-refractivity contribution >= 4 is 22.8 Å². The SMILES string of the molecule is [2H]C([2H])([2H])C(=C1Nc2ccsc2C1=O)C([2H])([2H])[2H]. The summed E-state index contributed by atoms with van der Waals surface area (Å²) >= 11 is 1.15. The molecule has 1 aromatic heterocycles. The molecule has 0 fully saturated rings. The zero-order valence-corrected chi connectivity index (χ0v) is 6.79. The quantitative estimate of drug-likeness (QED) is 0.629. The Bertz CT molecular complexity index is 522. The Hall–Kier alpha value is -1.09. The van der Waals surface area contributed by atoms with Crippen LogP contribution in [0.4, 0.5) is 5.69 Å². The van der Waals surface area contributed by atoms with Crippen LogP contribution in [0.3, 0.4) is 0 Å². The highest BCUT2D eigenvalue weighted by Gasteiger charge is 2.26. The molecule has 0 radical (unpaired) electrons. The number of carbonyl (C=O) groups excluding carboxylic acids is 1. The molecule has 1 aliphatic rings. The zero-order valence-electron chi connectivity index (χ0n) is 12.0. The molecule has 0 aliphatic carbocycles. The summed E-state index contributed by atoms with van der Waals surface area (Å²) in [5.41, 5.74) is -0.675. The Labute approximate surface area is 83.3 Å². The minimum Gasteiger partial charge on any atom is -0.351 e. The van der Waals surface area contributed by atoms with E-state index in [2.05, 4.69) is 5.32 Å². The van der Waals surface area contributed by atoms with Crippen molar-refractivity contribution in [2.45, 2.75) is 13.7 Å². The molecule has 0 spiro atoms. The minimum atomic E-state index is -2.84. The maximum absolute atomic E-state index is 12.0. The molecule has 2 nitrogen and oxygen atoms in total. The molecule has 2 rings (SSSR count). The van der Waals surface area contributed by atoms with Gasteiger partial charge in [-0.05, 0) is 30.7 Å². The van der Waals surface area contributed by atoms with Gasteiger partial charge in [-0.15, -0.1) is 11.3 Å². The van der Waals surface area contributed by atoms with Crippen LogP contribution in [-0.2, 0) is 0 Å². The molecule has 0 saturated heterocycles. The molecular weight excluding hydrogens is 170 g/mol. The lowest BCUT2D eigenvalue weighted by Crippen LogP contribution is -2.01. The monoisotopic (exact) mass is 185 g/mol. The number of fused-ring (bicyclic) bond motifs is 1. The second-order valence-electron chi connectivity index (χ2n) is 2.37. The van der Waals surface area contributed by atoms with Gasteiger partial charge >= 0.3 is 0 Å². The number of anilines is 1. The van der Waals surface area contributed by atoms with Crippen LogP contribution in [0.2, 0.25) is 0 Å². The first-order chi connectivity index (χ1) is 8.12. The van der Waals surface area contributed by atoms with Crippen LogP contribution in [-0.4, -0.2) is 5.78 Å². The first kappa shape index (κ1) is 3.34. The van der Waals surface area contributed by atoms with Gasteiger partial charge in [-0.1, -0.05) is 0 Å². The van der Waals surface area contributed by atoms with E-state index in [1.807, 2.05) is 0 Å². The first-order valence-corrected chi connectivity index (χ1v) is 4.15. The van der Waals surface area contributed by atoms with Crippen molar-refractivity contribution in [1.29, 1.82) is 0 Å². The van der Waals surface area contributed by atoms with Gasteiger partial charge in [0.1, 0.15) is 4.88 Å². The van der Waals surface area contributed by atoms with E-state index >= 15 is 0 Å². The maximum atomic E-state index is 12.0. The van der Waals surface area contributed by atoms with Gasteiger partial charge in [-0.2, -0.15) is 0 Å². The Morgan fingerprint density at radius 3 is 3.17 bits per heavy atom. The van der Waals surface area contributed by atoms with Crippen molar-refractivity contribution in [3.05, 3.63) is 27.6 Å². The van der Waals surface area contributed by atoms with Crippen LogP contribution in [0, 0.1) is 0 Å². The Balaban J connectivity index is 2.60. The number of thiophene rings is 1. The standard InChI is InChI=1S/C9H9NOS/c1-5(2)7-8(11)9-6(10-7)3-4-12-9/h3-4,10H,1-2H3/i1D3,2D3. The molecule has 1 aromatic rings. The van der Waals surface area contributed by atoms with Crippen molar-refractivity contribution in [1.82, 2.24) is 0 Å². The van der Waals surface area contributed by atoms with E-state index in [9.17, 15) is 4.79 Å². The highest BCUT2D eigenvalue weighted by Crippen LogP contribution is 2.33. The highest BCUT2D eigenvalue weighted by atomic mass is 32.1. The summed E-state index contributed by atoms with van der Waals surface area (Å²) in [5, 5.41) is 4.28. The van der Waals surface area contributed by atoms with Gasteiger partial charge < -0.3 is 5.32 Å². The number of nitrogens with one attached hydrogen (secondary N) is 1. The lowest BCUT2D eigenvalue weighted by Gasteiger charge is -1.98. The average molecular weight is 185 g/mol. The summed E-state index contributed by atoms with van der Waals surface area (Å²) < 4.78 is 43.7. The van der Waals surface area contributed by atoms with Gasteiger partial charge in [-0.3, -0.25) is 4.79 Å². The van der Waals surface area contributed by atoms with Crippen LogP contribution in [0.25, 0.3) is 0 Å². The van der Waals surface area contributed by atoms with Crippen LogP contribution in [0.15, 0.2) is 22.7 Å². The van der Waals surface area contributed by atoms with Crippen LogP contribution in [0.1, 0.15) is 31.6 Å². The molecule has 0 saturated carbocycles. The van der Waals surface area contributed by atoms with Crippen molar-refractivity contribution in [3.63, 3.8) is 0 Å². The lowest BCUT2D eigenvalue weighted by molar-refractivity contribution is 0.104. The smallest absolute Gasteiger partial charge is 0.221 e. The number of carbonyl (C=O) groups is 1. The van der Waals surface area contributed by atoms with Gasteiger partial charge in [0.05, 0.1) is 11.4 Å². The van der Waals surface area contributed by atoms with E-state index in [4.69, 9.17) is 8.22 Å². The topological polar surface area (TPSA) is 29.1 Å². The summed E-state index contributed by atoms with van der Waals surface area (Å²) in [6.45, 7) is -5.67. The van der Waals surface area contributed by atoms with Crippen molar-refractivity contribution in [2.75, 3.05) is 5.32 Å². The Morgan fingerprint density at radius 1 is 1.67 bits per heavy atom. The molecule has 1 aliphatic heterocycles. The van der Waals surface area contributed by atoms with Gasteiger partial charge in [0, 0.05) is 8.22 Å². The molecule has 2 heterocycles. The number of hydrogen-bond acceptors (Lipinski definition) is 3. The largest absolute Gasteiger partial charge is 0.351 e. The number of allylic oxidation sites excluding steroid dienone is 2. The van der Waals surface area contributed by atoms with Gasteiger partial charge in [0.25, 0.3) is 0 Å². The third kappa shape index (κ3) is 0.898. The van der Waals surface area contributed by atoms with E-state index in [0.29, 0.717) is 10.6 Å². The van der Waals surface area contributed by atoms with E-state index in [0.717, 1.165) is 11.3 Å². The van der Waals surface area contributed by atoms with Gasteiger partial charge in [-0.25, -0.2) is 0 Å². The average Bonchev–Trinajstić information content (AvgIpc) is 2.67.